The van der Waals surface area contributed by atoms with Gasteiger partial charge in [0.1, 0.15) is 6.61 Å². The molecule has 0 aliphatic carbocycles. The quantitative estimate of drug-likeness (QED) is 0.196. The van der Waals surface area contributed by atoms with Gasteiger partial charge in [0.05, 0.1) is 18.8 Å². The molecule has 1 saturated heterocycles. The van der Waals surface area contributed by atoms with Crippen molar-refractivity contribution in [3.05, 3.63) is 126 Å². The van der Waals surface area contributed by atoms with Crippen molar-refractivity contribution in [2.24, 2.45) is 0 Å². The monoisotopic (exact) mass is 566 g/mol. The summed E-state index contributed by atoms with van der Waals surface area (Å²) in [5, 5.41) is 14.7. The van der Waals surface area contributed by atoms with Gasteiger partial charge in [0, 0.05) is 30.3 Å². The summed E-state index contributed by atoms with van der Waals surface area (Å²) in [5.74, 6) is 0. The summed E-state index contributed by atoms with van der Waals surface area (Å²) in [5.41, 5.74) is 4.51. The predicted octanol–water partition coefficient (Wildman–Crippen LogP) is 7.31. The van der Waals surface area contributed by atoms with Gasteiger partial charge in [-0.15, -0.1) is 0 Å². The number of aliphatic hydroxyl groups excluding tert-OH is 1. The van der Waals surface area contributed by atoms with E-state index in [1.54, 1.807) is 6.07 Å². The average molecular weight is 567 g/mol. The summed E-state index contributed by atoms with van der Waals surface area (Å²) in [4.78, 5) is 14.4. The van der Waals surface area contributed by atoms with Crippen LogP contribution in [0.2, 0.25) is 0 Å². The molecule has 0 spiro atoms. The first-order valence-electron chi connectivity index (χ1n) is 14.3. The molecule has 42 heavy (non-hydrogen) atoms. The van der Waals surface area contributed by atoms with Crippen molar-refractivity contribution in [2.75, 3.05) is 25.5 Å². The van der Waals surface area contributed by atoms with E-state index in [2.05, 4.69) is 73.2 Å². The molecular weight excluding hydrogens is 528 g/mol. The number of ether oxygens (including phenoxy) is 3. The molecule has 0 saturated carbocycles. The van der Waals surface area contributed by atoms with Gasteiger partial charge in [0.25, 0.3) is 0 Å². The molecule has 5 rings (SSSR count). The van der Waals surface area contributed by atoms with Gasteiger partial charge in [0.15, 0.2) is 6.29 Å². The fourth-order valence-electron chi connectivity index (χ4n) is 5.29. The zero-order chi connectivity index (χ0) is 29.5. The van der Waals surface area contributed by atoms with E-state index in [1.165, 1.54) is 22.4 Å². The molecule has 7 nitrogen and oxygen atoms in total. The van der Waals surface area contributed by atoms with Crippen LogP contribution in [0.5, 0.6) is 0 Å². The highest BCUT2D eigenvalue weighted by atomic mass is 16.7. The molecule has 2 N–H and O–H groups in total. The van der Waals surface area contributed by atoms with E-state index >= 15 is 0 Å². The molecule has 1 aliphatic rings. The Kier molecular flexibility index (Phi) is 9.66. The van der Waals surface area contributed by atoms with Gasteiger partial charge in [-0.2, -0.15) is 0 Å². The molecule has 4 aromatic carbocycles. The van der Waals surface area contributed by atoms with Crippen molar-refractivity contribution in [3.63, 3.8) is 0 Å². The third-order valence-corrected chi connectivity index (χ3v) is 7.76. The second-order valence-corrected chi connectivity index (χ2v) is 10.7. The number of benzene rings is 4. The van der Waals surface area contributed by atoms with Crippen molar-refractivity contribution in [2.45, 2.75) is 44.5 Å². The molecule has 0 radical (unpaired) electrons. The van der Waals surface area contributed by atoms with E-state index in [9.17, 15) is 9.90 Å². The molecule has 1 heterocycles. The number of hydrogen-bond acceptors (Lipinski definition) is 6. The van der Waals surface area contributed by atoms with Gasteiger partial charge < -0.3 is 19.3 Å². The molecule has 0 bridgehead atoms. The van der Waals surface area contributed by atoms with Gasteiger partial charge in [-0.3, -0.25) is 10.2 Å². The van der Waals surface area contributed by atoms with Crippen LogP contribution in [0.4, 0.5) is 10.5 Å². The Morgan fingerprint density at radius 1 is 1.02 bits per heavy atom. The third kappa shape index (κ3) is 7.24. The molecule has 1 fully saturated rings. The largest absolute Gasteiger partial charge is 0.445 e. The summed E-state index contributed by atoms with van der Waals surface area (Å²) in [6.07, 6.45) is 0.678. The maximum Gasteiger partial charge on any atom is 0.411 e. The van der Waals surface area contributed by atoms with Crippen LogP contribution >= 0.6 is 0 Å². The lowest BCUT2D eigenvalue weighted by Gasteiger charge is -2.39. The minimum Gasteiger partial charge on any atom is -0.445 e. The first kappa shape index (κ1) is 29.5. The van der Waals surface area contributed by atoms with Crippen LogP contribution < -0.4 is 5.32 Å². The maximum absolute atomic E-state index is 12.1. The Labute approximate surface area is 247 Å². The first-order chi connectivity index (χ1) is 20.4. The number of rotatable bonds is 10. The second-order valence-electron chi connectivity index (χ2n) is 10.7. The van der Waals surface area contributed by atoms with Crippen molar-refractivity contribution in [1.29, 1.82) is 0 Å². The molecule has 0 aromatic heterocycles. The molecule has 7 heteroatoms. The summed E-state index contributed by atoms with van der Waals surface area (Å²) >= 11 is 0. The number of anilines is 1. The molecule has 218 valence electrons. The number of fused-ring (bicyclic) bond motifs is 1. The van der Waals surface area contributed by atoms with Gasteiger partial charge in [-0.05, 0) is 59.6 Å². The minimum atomic E-state index is -0.637. The standard InChI is InChI=1S/C35H38N2O5/c1-4-18-40-35(39)36-31-11-7-10-30(20-31)34-41-32(21-33(42-34)27-14-12-25(23-38)13-15-27)22-37(3)24(2)28-17-16-26-8-5-6-9-29(26)19-28/h4-17,19-20,24,32-34,38H,1,18,21-23H2,2-3H3,(H,36,39)/t24-,32+,33-,34-/m1/s1. The zero-order valence-corrected chi connectivity index (χ0v) is 24.1. The van der Waals surface area contributed by atoms with Gasteiger partial charge in [0.2, 0.25) is 0 Å². The van der Waals surface area contributed by atoms with E-state index in [0.29, 0.717) is 18.7 Å². The van der Waals surface area contributed by atoms with E-state index in [0.717, 1.165) is 16.7 Å². The smallest absolute Gasteiger partial charge is 0.411 e. The summed E-state index contributed by atoms with van der Waals surface area (Å²) in [6.45, 7) is 6.61. The Morgan fingerprint density at radius 2 is 1.81 bits per heavy atom. The van der Waals surface area contributed by atoms with Crippen molar-refractivity contribution in [3.8, 4) is 0 Å². The van der Waals surface area contributed by atoms with Crippen LogP contribution in [0.15, 0.2) is 104 Å². The number of hydrogen-bond donors (Lipinski definition) is 2. The minimum absolute atomic E-state index is 0.00730. The Bertz CT molecular complexity index is 1510. The summed E-state index contributed by atoms with van der Waals surface area (Å²) in [7, 11) is 2.12. The van der Waals surface area contributed by atoms with Crippen molar-refractivity contribution in [1.82, 2.24) is 4.90 Å². The number of carbonyl (C=O) groups excluding carboxylic acids is 1. The maximum atomic E-state index is 12.1. The molecule has 4 aromatic rings. The average Bonchev–Trinajstić information content (AvgIpc) is 3.03. The van der Waals surface area contributed by atoms with E-state index in [4.69, 9.17) is 14.2 Å². The topological polar surface area (TPSA) is 80.3 Å². The second kappa shape index (κ2) is 13.8. The highest BCUT2D eigenvalue weighted by molar-refractivity contribution is 5.84. The van der Waals surface area contributed by atoms with Crippen LogP contribution in [0.25, 0.3) is 10.8 Å². The van der Waals surface area contributed by atoms with E-state index < -0.39 is 12.4 Å². The fourth-order valence-corrected chi connectivity index (χ4v) is 5.29. The molecule has 1 amide bonds. The van der Waals surface area contributed by atoms with Crippen LogP contribution in [0.3, 0.4) is 0 Å². The highest BCUT2D eigenvalue weighted by Gasteiger charge is 2.33. The van der Waals surface area contributed by atoms with Crippen molar-refractivity contribution >= 4 is 22.6 Å². The highest BCUT2D eigenvalue weighted by Crippen LogP contribution is 2.39. The van der Waals surface area contributed by atoms with Crippen LogP contribution in [-0.4, -0.2) is 42.4 Å². The van der Waals surface area contributed by atoms with E-state index in [-0.39, 0.29) is 31.5 Å². The fraction of sp³-hybridized carbons (Fsp3) is 0.286. The Morgan fingerprint density at radius 3 is 2.57 bits per heavy atom. The SMILES string of the molecule is C=CCOC(=O)Nc1cccc([C@@H]2O[C@H](CN(C)[C@H](C)c3ccc4ccccc4c3)C[C@H](c3ccc(CO)cc3)O2)c1. The third-order valence-electron chi connectivity index (χ3n) is 7.76. The van der Waals surface area contributed by atoms with Crippen LogP contribution in [0.1, 0.15) is 54.0 Å². The zero-order valence-electron chi connectivity index (χ0n) is 24.1. The van der Waals surface area contributed by atoms with Crippen LogP contribution in [0, 0.1) is 0 Å². The van der Waals surface area contributed by atoms with Gasteiger partial charge in [-0.1, -0.05) is 85.5 Å². The number of nitrogens with zero attached hydrogens (tertiary/aromatic N) is 1. The number of carbonyl (C=O) groups is 1. The lowest BCUT2D eigenvalue weighted by atomic mass is 9.98. The Balaban J connectivity index is 1.35. The van der Waals surface area contributed by atoms with Gasteiger partial charge >= 0.3 is 6.09 Å². The normalized spacial score (nSPS) is 19.4. The van der Waals surface area contributed by atoms with E-state index in [1.807, 2.05) is 42.5 Å². The van der Waals surface area contributed by atoms with Gasteiger partial charge in [-0.25, -0.2) is 4.79 Å². The number of amides is 1. The Hall–Kier alpha value is -4.01. The molecule has 4 atom stereocenters. The molecule has 1 aliphatic heterocycles. The van der Waals surface area contributed by atoms with Crippen LogP contribution in [-0.2, 0) is 20.8 Å². The predicted molar refractivity (Wildman–Crippen MR) is 165 cm³/mol. The molecular formula is C35H38N2O5. The summed E-state index contributed by atoms with van der Waals surface area (Å²) in [6, 6.07) is 30.5. The number of nitrogens with one attached hydrogen (secondary N) is 1. The lowest BCUT2D eigenvalue weighted by molar-refractivity contribution is -0.253. The van der Waals surface area contributed by atoms with Crippen molar-refractivity contribution < 1.29 is 24.1 Å². The summed E-state index contributed by atoms with van der Waals surface area (Å²) < 4.78 is 18.1. The molecule has 0 unspecified atom stereocenters. The lowest BCUT2D eigenvalue weighted by Crippen LogP contribution is -2.38. The number of aliphatic hydroxyl groups is 1. The first-order valence-corrected chi connectivity index (χ1v) is 14.3. The number of likely N-dealkylation sites (N-methyl/N-ethyl adjacent to an activating group) is 1.